The standard InChI is InChI=1S/C18H21N3O7/c1-2-8-27-18(26)20-9-12-14(16(23)21(12)15(20)17(24)25)19-13(22)10-28-11-6-4-3-5-7-11/h3-7,12,14-15H,2,8-10H2,1H3,(H,19,22)(H,24,25)/t12?,14-,15?/m1/s1. The molecule has 1 aromatic rings. The normalized spacial score (nSPS) is 22.9. The lowest BCUT2D eigenvalue weighted by Crippen LogP contribution is -2.71. The average molecular weight is 391 g/mol. The molecule has 2 aliphatic heterocycles. The SMILES string of the molecule is CCCOC(=O)N1CC2[C@@H](NC(=O)COc3ccccc3)C(=O)N2C1C(=O)O. The fourth-order valence-corrected chi connectivity index (χ4v) is 3.25. The summed E-state index contributed by atoms with van der Waals surface area (Å²) in [6, 6.07) is 7.19. The highest BCUT2D eigenvalue weighted by Crippen LogP contribution is 2.33. The Morgan fingerprint density at radius 2 is 1.96 bits per heavy atom. The number of carbonyl (C=O) groups is 4. The van der Waals surface area contributed by atoms with E-state index in [1.807, 2.05) is 13.0 Å². The van der Waals surface area contributed by atoms with E-state index in [1.54, 1.807) is 24.3 Å². The molecule has 10 heteroatoms. The number of rotatable bonds is 7. The highest BCUT2D eigenvalue weighted by molar-refractivity contribution is 5.98. The van der Waals surface area contributed by atoms with E-state index in [9.17, 15) is 24.3 Å². The monoisotopic (exact) mass is 391 g/mol. The van der Waals surface area contributed by atoms with Gasteiger partial charge in [0.2, 0.25) is 12.1 Å². The van der Waals surface area contributed by atoms with Gasteiger partial charge in [-0.15, -0.1) is 0 Å². The molecule has 150 valence electrons. The number of aliphatic carboxylic acids is 1. The van der Waals surface area contributed by atoms with E-state index >= 15 is 0 Å². The van der Waals surface area contributed by atoms with Gasteiger partial charge in [-0.2, -0.15) is 0 Å². The Bertz CT molecular complexity index is 770. The molecule has 2 fully saturated rings. The number of carboxylic acid groups (broad SMARTS) is 1. The maximum atomic E-state index is 12.4. The van der Waals surface area contributed by atoms with Crippen LogP contribution in [-0.4, -0.2) is 76.8 Å². The number of β-lactam (4-membered cyclic amide) rings is 1. The topological polar surface area (TPSA) is 125 Å². The number of carbonyl (C=O) groups excluding carboxylic acids is 3. The largest absolute Gasteiger partial charge is 0.484 e. The molecule has 0 spiro atoms. The van der Waals surface area contributed by atoms with E-state index in [1.165, 1.54) is 0 Å². The zero-order valence-electron chi connectivity index (χ0n) is 15.2. The molecule has 2 N–H and O–H groups in total. The Balaban J connectivity index is 1.60. The van der Waals surface area contributed by atoms with E-state index < -0.39 is 42.1 Å². The number of carboxylic acids is 1. The molecular weight excluding hydrogens is 370 g/mol. The van der Waals surface area contributed by atoms with Crippen molar-refractivity contribution in [3.05, 3.63) is 30.3 Å². The Labute approximate surface area is 161 Å². The highest BCUT2D eigenvalue weighted by atomic mass is 16.6. The van der Waals surface area contributed by atoms with Crippen LogP contribution in [0.15, 0.2) is 30.3 Å². The summed E-state index contributed by atoms with van der Waals surface area (Å²) < 4.78 is 10.3. The number of amides is 3. The van der Waals surface area contributed by atoms with Gasteiger partial charge in [0.1, 0.15) is 11.8 Å². The van der Waals surface area contributed by atoms with Crippen molar-refractivity contribution in [1.82, 2.24) is 15.1 Å². The quantitative estimate of drug-likeness (QED) is 0.628. The van der Waals surface area contributed by atoms with Crippen LogP contribution in [0.5, 0.6) is 5.75 Å². The predicted octanol–water partition coefficient (Wildman–Crippen LogP) is 0.0339. The highest BCUT2D eigenvalue weighted by Gasteiger charge is 2.61. The van der Waals surface area contributed by atoms with Crippen molar-refractivity contribution in [2.45, 2.75) is 31.6 Å². The average Bonchev–Trinajstić information content (AvgIpc) is 3.06. The molecule has 28 heavy (non-hydrogen) atoms. The molecule has 2 heterocycles. The summed E-state index contributed by atoms with van der Waals surface area (Å²) in [6.45, 7) is 1.64. The molecular formula is C18H21N3O7. The third kappa shape index (κ3) is 3.71. The molecule has 2 saturated heterocycles. The summed E-state index contributed by atoms with van der Waals surface area (Å²) >= 11 is 0. The zero-order chi connectivity index (χ0) is 20.3. The second-order valence-corrected chi connectivity index (χ2v) is 6.44. The number of benzene rings is 1. The first-order valence-corrected chi connectivity index (χ1v) is 8.89. The smallest absolute Gasteiger partial charge is 0.411 e. The molecule has 3 amide bonds. The first-order chi connectivity index (χ1) is 13.4. The van der Waals surface area contributed by atoms with E-state index in [2.05, 4.69) is 5.32 Å². The molecule has 2 aliphatic rings. The van der Waals surface area contributed by atoms with Crippen LogP contribution in [0.2, 0.25) is 0 Å². The molecule has 0 radical (unpaired) electrons. The lowest BCUT2D eigenvalue weighted by atomic mass is 9.96. The maximum Gasteiger partial charge on any atom is 0.411 e. The van der Waals surface area contributed by atoms with Crippen LogP contribution in [-0.2, 0) is 19.1 Å². The molecule has 3 atom stereocenters. The first kappa shape index (κ1) is 19.5. The predicted molar refractivity (Wildman–Crippen MR) is 94.3 cm³/mol. The Morgan fingerprint density at radius 3 is 2.61 bits per heavy atom. The second kappa shape index (κ2) is 8.15. The summed E-state index contributed by atoms with van der Waals surface area (Å²) in [5, 5.41) is 12.0. The maximum absolute atomic E-state index is 12.4. The van der Waals surface area contributed by atoms with Crippen molar-refractivity contribution in [1.29, 1.82) is 0 Å². The minimum Gasteiger partial charge on any atom is -0.484 e. The van der Waals surface area contributed by atoms with Crippen molar-refractivity contribution in [2.75, 3.05) is 19.8 Å². The lowest BCUT2D eigenvalue weighted by molar-refractivity contribution is -0.163. The van der Waals surface area contributed by atoms with Crippen molar-refractivity contribution in [3.63, 3.8) is 0 Å². The van der Waals surface area contributed by atoms with Gasteiger partial charge in [0.15, 0.2) is 6.61 Å². The molecule has 0 bridgehead atoms. The number of hydrogen-bond donors (Lipinski definition) is 2. The van der Waals surface area contributed by atoms with E-state index in [0.29, 0.717) is 12.2 Å². The number of para-hydroxylation sites is 1. The minimum atomic E-state index is -1.43. The molecule has 1 aromatic carbocycles. The van der Waals surface area contributed by atoms with Crippen LogP contribution in [0.25, 0.3) is 0 Å². The third-order valence-corrected chi connectivity index (χ3v) is 4.52. The van der Waals surface area contributed by atoms with E-state index in [-0.39, 0.29) is 19.8 Å². The van der Waals surface area contributed by atoms with Gasteiger partial charge >= 0.3 is 12.1 Å². The van der Waals surface area contributed by atoms with Crippen LogP contribution >= 0.6 is 0 Å². The van der Waals surface area contributed by atoms with Gasteiger partial charge in [-0.25, -0.2) is 9.59 Å². The Morgan fingerprint density at radius 1 is 1.25 bits per heavy atom. The van der Waals surface area contributed by atoms with Crippen molar-refractivity contribution >= 4 is 23.9 Å². The van der Waals surface area contributed by atoms with Gasteiger partial charge in [0.05, 0.1) is 12.6 Å². The molecule has 2 unspecified atom stereocenters. The fourth-order valence-electron chi connectivity index (χ4n) is 3.25. The second-order valence-electron chi connectivity index (χ2n) is 6.44. The summed E-state index contributed by atoms with van der Waals surface area (Å²) in [6.07, 6.45) is -1.65. The Hall–Kier alpha value is -3.30. The molecule has 0 aliphatic carbocycles. The first-order valence-electron chi connectivity index (χ1n) is 8.89. The third-order valence-electron chi connectivity index (χ3n) is 4.52. The van der Waals surface area contributed by atoms with Crippen molar-refractivity contribution < 1.29 is 33.8 Å². The molecule has 0 aromatic heterocycles. The summed E-state index contributed by atoms with van der Waals surface area (Å²) in [5.41, 5.74) is 0. The molecule has 0 saturated carbocycles. The van der Waals surface area contributed by atoms with Crippen molar-refractivity contribution in [3.8, 4) is 5.75 Å². The zero-order valence-corrected chi connectivity index (χ0v) is 15.2. The summed E-state index contributed by atoms with van der Waals surface area (Å²) in [7, 11) is 0. The van der Waals surface area contributed by atoms with Crippen LogP contribution < -0.4 is 10.1 Å². The number of nitrogens with one attached hydrogen (secondary N) is 1. The number of nitrogens with zero attached hydrogens (tertiary/aromatic N) is 2. The summed E-state index contributed by atoms with van der Waals surface area (Å²) in [4.78, 5) is 50.2. The number of hydrogen-bond acceptors (Lipinski definition) is 6. The lowest BCUT2D eigenvalue weighted by Gasteiger charge is -2.43. The van der Waals surface area contributed by atoms with Gasteiger partial charge in [-0.05, 0) is 18.6 Å². The van der Waals surface area contributed by atoms with Gasteiger partial charge in [0.25, 0.3) is 5.91 Å². The number of ether oxygens (including phenoxy) is 2. The van der Waals surface area contributed by atoms with Gasteiger partial charge < -0.3 is 24.8 Å². The van der Waals surface area contributed by atoms with Crippen LogP contribution in [0.4, 0.5) is 4.79 Å². The van der Waals surface area contributed by atoms with Gasteiger partial charge in [-0.3, -0.25) is 14.5 Å². The number of fused-ring (bicyclic) bond motifs is 1. The van der Waals surface area contributed by atoms with Crippen molar-refractivity contribution in [2.24, 2.45) is 0 Å². The van der Waals surface area contributed by atoms with Crippen LogP contribution in [0.1, 0.15) is 13.3 Å². The summed E-state index contributed by atoms with van der Waals surface area (Å²) in [5.74, 6) is -1.89. The molecule has 3 rings (SSSR count). The van der Waals surface area contributed by atoms with E-state index in [0.717, 1.165) is 9.80 Å². The van der Waals surface area contributed by atoms with Crippen LogP contribution in [0.3, 0.4) is 0 Å². The Kier molecular flexibility index (Phi) is 5.67. The molecule has 10 nitrogen and oxygen atoms in total. The fraction of sp³-hybridized carbons (Fsp3) is 0.444. The minimum absolute atomic E-state index is 0.0320. The van der Waals surface area contributed by atoms with Gasteiger partial charge in [-0.1, -0.05) is 25.1 Å². The van der Waals surface area contributed by atoms with E-state index in [4.69, 9.17) is 9.47 Å². The van der Waals surface area contributed by atoms with Gasteiger partial charge in [0, 0.05) is 6.54 Å². The van der Waals surface area contributed by atoms with Crippen LogP contribution in [0, 0.1) is 0 Å².